The smallest absolute Gasteiger partial charge is 0.255 e. The Morgan fingerprint density at radius 2 is 2.00 bits per heavy atom. The van der Waals surface area contributed by atoms with Gasteiger partial charge in [0.1, 0.15) is 0 Å². The highest BCUT2D eigenvalue weighted by Crippen LogP contribution is 2.27. The topological polar surface area (TPSA) is 52.2 Å². The molecule has 1 amide bonds. The Labute approximate surface area is 146 Å². The molecule has 0 aliphatic heterocycles. The fraction of sp³-hybridized carbons (Fsp3) is 0.375. The molecule has 0 aliphatic rings. The first-order valence-corrected chi connectivity index (χ1v) is 8.02. The van der Waals surface area contributed by atoms with Crippen molar-refractivity contribution in [2.45, 2.75) is 13.5 Å². The van der Waals surface area contributed by atoms with E-state index in [9.17, 15) is 4.79 Å². The molecule has 0 saturated heterocycles. The fourth-order valence-electron chi connectivity index (χ4n) is 2.14. The molecule has 5 nitrogen and oxygen atoms in total. The van der Waals surface area contributed by atoms with E-state index in [0.717, 1.165) is 17.9 Å². The van der Waals surface area contributed by atoms with Crippen LogP contribution in [0.15, 0.2) is 24.5 Å². The average molecular weight is 355 g/mol. The number of carbonyl (C=O) groups excluding carboxylic acids is 1. The second kappa shape index (κ2) is 7.81. The highest BCUT2D eigenvalue weighted by molar-refractivity contribution is 6.43. The SMILES string of the molecule is Cc1[nH]cnc1CN(CCN(C)C)C(=O)c1cccc(Cl)c1Cl. The molecule has 0 atom stereocenters. The number of carbonyl (C=O) groups is 1. The van der Waals surface area contributed by atoms with Crippen molar-refractivity contribution < 1.29 is 4.79 Å². The molecule has 0 saturated carbocycles. The van der Waals surface area contributed by atoms with Crippen molar-refractivity contribution in [1.29, 1.82) is 0 Å². The van der Waals surface area contributed by atoms with Gasteiger partial charge in [0.05, 0.1) is 34.2 Å². The Morgan fingerprint density at radius 3 is 2.61 bits per heavy atom. The predicted octanol–water partition coefficient (Wildman–Crippen LogP) is 3.23. The van der Waals surface area contributed by atoms with Crippen LogP contribution < -0.4 is 0 Å². The summed E-state index contributed by atoms with van der Waals surface area (Å²) in [6.07, 6.45) is 1.63. The third kappa shape index (κ3) is 4.47. The summed E-state index contributed by atoms with van der Waals surface area (Å²) in [7, 11) is 3.93. The van der Waals surface area contributed by atoms with Gasteiger partial charge in [-0.15, -0.1) is 0 Å². The molecule has 124 valence electrons. The molecular formula is C16H20Cl2N4O. The minimum Gasteiger partial charge on any atom is -0.348 e. The normalized spacial score (nSPS) is 11.0. The summed E-state index contributed by atoms with van der Waals surface area (Å²) in [4.78, 5) is 24.0. The second-order valence-corrected chi connectivity index (χ2v) is 6.39. The summed E-state index contributed by atoms with van der Waals surface area (Å²) in [6.45, 7) is 3.67. The van der Waals surface area contributed by atoms with Crippen molar-refractivity contribution in [1.82, 2.24) is 19.8 Å². The zero-order chi connectivity index (χ0) is 17.0. The second-order valence-electron chi connectivity index (χ2n) is 5.61. The van der Waals surface area contributed by atoms with Gasteiger partial charge < -0.3 is 14.8 Å². The van der Waals surface area contributed by atoms with Crippen LogP contribution in [-0.4, -0.2) is 52.9 Å². The van der Waals surface area contributed by atoms with Crippen molar-refractivity contribution in [3.8, 4) is 0 Å². The number of likely N-dealkylation sites (N-methyl/N-ethyl adjacent to an activating group) is 1. The lowest BCUT2D eigenvalue weighted by Gasteiger charge is -2.24. The van der Waals surface area contributed by atoms with E-state index in [-0.39, 0.29) is 10.9 Å². The van der Waals surface area contributed by atoms with E-state index in [1.165, 1.54) is 0 Å². The van der Waals surface area contributed by atoms with Crippen LogP contribution >= 0.6 is 23.2 Å². The van der Waals surface area contributed by atoms with E-state index in [4.69, 9.17) is 23.2 Å². The quantitative estimate of drug-likeness (QED) is 0.866. The number of amides is 1. The number of hydrogen-bond donors (Lipinski definition) is 1. The molecule has 0 radical (unpaired) electrons. The lowest BCUT2D eigenvalue weighted by Crippen LogP contribution is -2.36. The van der Waals surface area contributed by atoms with Crippen LogP contribution in [-0.2, 0) is 6.54 Å². The van der Waals surface area contributed by atoms with Crippen LogP contribution in [0.1, 0.15) is 21.7 Å². The zero-order valence-electron chi connectivity index (χ0n) is 13.4. The molecule has 2 rings (SSSR count). The first-order valence-electron chi connectivity index (χ1n) is 7.27. The monoisotopic (exact) mass is 354 g/mol. The van der Waals surface area contributed by atoms with Crippen LogP contribution in [0.25, 0.3) is 0 Å². The van der Waals surface area contributed by atoms with Gasteiger partial charge >= 0.3 is 0 Å². The predicted molar refractivity (Wildman–Crippen MR) is 93.1 cm³/mol. The highest BCUT2D eigenvalue weighted by Gasteiger charge is 2.21. The minimum absolute atomic E-state index is 0.151. The molecule has 2 aromatic rings. The lowest BCUT2D eigenvalue weighted by atomic mass is 10.2. The van der Waals surface area contributed by atoms with Gasteiger partial charge in [0.15, 0.2) is 0 Å². The number of rotatable bonds is 6. The number of benzene rings is 1. The molecule has 7 heteroatoms. The van der Waals surface area contributed by atoms with E-state index < -0.39 is 0 Å². The number of aromatic nitrogens is 2. The maximum absolute atomic E-state index is 12.9. The number of imidazole rings is 1. The summed E-state index contributed by atoms with van der Waals surface area (Å²) in [5.74, 6) is -0.151. The van der Waals surface area contributed by atoms with E-state index >= 15 is 0 Å². The van der Waals surface area contributed by atoms with Gasteiger partial charge in [-0.2, -0.15) is 0 Å². The summed E-state index contributed by atoms with van der Waals surface area (Å²) in [6, 6.07) is 5.09. The number of hydrogen-bond acceptors (Lipinski definition) is 3. The fourth-order valence-corrected chi connectivity index (χ4v) is 2.52. The molecule has 0 fully saturated rings. The van der Waals surface area contributed by atoms with Gasteiger partial charge in [0.25, 0.3) is 5.91 Å². The molecule has 1 aromatic heterocycles. The van der Waals surface area contributed by atoms with Crippen LogP contribution in [0.3, 0.4) is 0 Å². The number of H-pyrrole nitrogens is 1. The highest BCUT2D eigenvalue weighted by atomic mass is 35.5. The Balaban J connectivity index is 2.26. The number of nitrogens with zero attached hydrogens (tertiary/aromatic N) is 3. The molecule has 23 heavy (non-hydrogen) atoms. The van der Waals surface area contributed by atoms with Crippen molar-refractivity contribution in [2.75, 3.05) is 27.2 Å². The molecule has 1 heterocycles. The summed E-state index contributed by atoms with van der Waals surface area (Å²) >= 11 is 12.2. The summed E-state index contributed by atoms with van der Waals surface area (Å²) < 4.78 is 0. The lowest BCUT2D eigenvalue weighted by molar-refractivity contribution is 0.0730. The molecule has 0 unspecified atom stereocenters. The summed E-state index contributed by atoms with van der Waals surface area (Å²) in [5.41, 5.74) is 2.20. The Hall–Kier alpha value is -1.56. The van der Waals surface area contributed by atoms with Crippen molar-refractivity contribution >= 4 is 29.1 Å². The molecule has 1 N–H and O–H groups in total. The molecule has 0 bridgehead atoms. The summed E-state index contributed by atoms with van der Waals surface area (Å²) in [5, 5.41) is 0.661. The maximum atomic E-state index is 12.9. The van der Waals surface area contributed by atoms with E-state index in [2.05, 4.69) is 9.97 Å². The van der Waals surface area contributed by atoms with Crippen molar-refractivity contribution in [3.63, 3.8) is 0 Å². The van der Waals surface area contributed by atoms with E-state index in [1.807, 2.05) is 25.9 Å². The van der Waals surface area contributed by atoms with Gasteiger partial charge in [-0.3, -0.25) is 4.79 Å². The van der Waals surface area contributed by atoms with Gasteiger partial charge in [-0.1, -0.05) is 29.3 Å². The largest absolute Gasteiger partial charge is 0.348 e. The maximum Gasteiger partial charge on any atom is 0.255 e. The Morgan fingerprint density at radius 1 is 1.26 bits per heavy atom. The van der Waals surface area contributed by atoms with Gasteiger partial charge in [0.2, 0.25) is 0 Å². The zero-order valence-corrected chi connectivity index (χ0v) is 14.9. The third-order valence-electron chi connectivity index (χ3n) is 3.56. The van der Waals surface area contributed by atoms with Gasteiger partial charge in [-0.25, -0.2) is 4.98 Å². The van der Waals surface area contributed by atoms with Crippen LogP contribution in [0.4, 0.5) is 0 Å². The first-order chi connectivity index (χ1) is 10.9. The molecular weight excluding hydrogens is 335 g/mol. The van der Waals surface area contributed by atoms with E-state index in [1.54, 1.807) is 29.4 Å². The number of aryl methyl sites for hydroxylation is 1. The van der Waals surface area contributed by atoms with Crippen LogP contribution in [0, 0.1) is 6.92 Å². The van der Waals surface area contributed by atoms with Gasteiger partial charge in [-0.05, 0) is 33.2 Å². The molecule has 1 aromatic carbocycles. The van der Waals surface area contributed by atoms with Crippen molar-refractivity contribution in [2.24, 2.45) is 0 Å². The molecule has 0 aliphatic carbocycles. The third-order valence-corrected chi connectivity index (χ3v) is 4.38. The number of nitrogens with one attached hydrogen (secondary N) is 1. The number of aromatic amines is 1. The van der Waals surface area contributed by atoms with Crippen molar-refractivity contribution in [3.05, 3.63) is 51.5 Å². The van der Waals surface area contributed by atoms with Gasteiger partial charge in [0, 0.05) is 18.8 Å². The molecule has 0 spiro atoms. The Bertz CT molecular complexity index is 684. The van der Waals surface area contributed by atoms with Crippen LogP contribution in [0.2, 0.25) is 10.0 Å². The minimum atomic E-state index is -0.151. The first kappa shape index (κ1) is 17.8. The van der Waals surface area contributed by atoms with Crippen LogP contribution in [0.5, 0.6) is 0 Å². The standard InChI is InChI=1S/C16H20Cl2N4O/c1-11-14(20-10-19-11)9-22(8-7-21(2)3)16(23)12-5-4-6-13(17)15(12)18/h4-6,10H,7-9H2,1-3H3,(H,19,20). The number of halogens is 2. The van der Waals surface area contributed by atoms with E-state index in [0.29, 0.717) is 23.7 Å². The Kier molecular flexibility index (Phi) is 6.04. The average Bonchev–Trinajstić information content (AvgIpc) is 2.90.